The Morgan fingerprint density at radius 1 is 1.41 bits per heavy atom. The number of carbonyl (C=O) groups is 1. The van der Waals surface area contributed by atoms with Gasteiger partial charge in [0.15, 0.2) is 0 Å². The van der Waals surface area contributed by atoms with Gasteiger partial charge in [-0.25, -0.2) is 9.18 Å². The quantitative estimate of drug-likeness (QED) is 0.793. The topological polar surface area (TPSA) is 61.4 Å². The second kappa shape index (κ2) is 7.79. The number of amides is 2. The van der Waals surface area contributed by atoms with Crippen LogP contribution in [0.4, 0.5) is 9.18 Å². The Kier molecular flexibility index (Phi) is 6.03. The van der Waals surface area contributed by atoms with Crippen molar-refractivity contribution in [3.8, 4) is 0 Å². The smallest absolute Gasteiger partial charge is 0.315 e. The number of urea groups is 1. The molecule has 1 aliphatic carbocycles. The van der Waals surface area contributed by atoms with E-state index in [9.17, 15) is 9.18 Å². The third-order valence-electron chi connectivity index (χ3n) is 4.23. The summed E-state index contributed by atoms with van der Waals surface area (Å²) in [4.78, 5) is 12.0. The molecule has 22 heavy (non-hydrogen) atoms. The third kappa shape index (κ3) is 4.58. The zero-order chi connectivity index (χ0) is 16.1. The van der Waals surface area contributed by atoms with Crippen LogP contribution in [0.1, 0.15) is 44.2 Å². The van der Waals surface area contributed by atoms with E-state index in [1.807, 2.05) is 6.92 Å². The summed E-state index contributed by atoms with van der Waals surface area (Å²) in [6.07, 6.45) is 3.64. The molecule has 1 aliphatic rings. The van der Waals surface area contributed by atoms with Gasteiger partial charge < -0.3 is 15.7 Å². The summed E-state index contributed by atoms with van der Waals surface area (Å²) >= 11 is 5.75. The monoisotopic (exact) mass is 328 g/mol. The van der Waals surface area contributed by atoms with E-state index in [4.69, 9.17) is 16.7 Å². The SMILES string of the molecule is CC(NC(=O)NC1CCC(CO)CC1)c1ccc(F)c(Cl)c1. The van der Waals surface area contributed by atoms with Gasteiger partial charge in [-0.2, -0.15) is 0 Å². The van der Waals surface area contributed by atoms with Crippen molar-refractivity contribution < 1.29 is 14.3 Å². The summed E-state index contributed by atoms with van der Waals surface area (Å²) in [6, 6.07) is 4.08. The lowest BCUT2D eigenvalue weighted by atomic mass is 9.87. The van der Waals surface area contributed by atoms with Crippen LogP contribution in [0.25, 0.3) is 0 Å². The Labute approximate surface area is 135 Å². The van der Waals surface area contributed by atoms with E-state index >= 15 is 0 Å². The van der Waals surface area contributed by atoms with E-state index in [-0.39, 0.29) is 29.7 Å². The summed E-state index contributed by atoms with van der Waals surface area (Å²) < 4.78 is 13.1. The van der Waals surface area contributed by atoms with E-state index in [0.29, 0.717) is 5.92 Å². The number of halogens is 2. The van der Waals surface area contributed by atoms with E-state index in [2.05, 4.69) is 10.6 Å². The fourth-order valence-electron chi connectivity index (χ4n) is 2.78. The fourth-order valence-corrected chi connectivity index (χ4v) is 2.97. The second-order valence-corrected chi connectivity index (χ2v) is 6.32. The van der Waals surface area contributed by atoms with Crippen LogP contribution < -0.4 is 10.6 Å². The minimum Gasteiger partial charge on any atom is -0.396 e. The van der Waals surface area contributed by atoms with Gasteiger partial charge in [0.05, 0.1) is 11.1 Å². The largest absolute Gasteiger partial charge is 0.396 e. The number of hydrogen-bond acceptors (Lipinski definition) is 2. The fraction of sp³-hybridized carbons (Fsp3) is 0.562. The van der Waals surface area contributed by atoms with Crippen LogP contribution >= 0.6 is 11.6 Å². The van der Waals surface area contributed by atoms with Gasteiger partial charge in [-0.1, -0.05) is 17.7 Å². The molecule has 0 radical (unpaired) electrons. The second-order valence-electron chi connectivity index (χ2n) is 5.91. The van der Waals surface area contributed by atoms with Crippen LogP contribution in [-0.4, -0.2) is 23.8 Å². The lowest BCUT2D eigenvalue weighted by Gasteiger charge is -2.28. The summed E-state index contributed by atoms with van der Waals surface area (Å²) in [5.74, 6) is -0.107. The Morgan fingerprint density at radius 3 is 2.68 bits per heavy atom. The van der Waals surface area contributed by atoms with Gasteiger partial charge in [-0.15, -0.1) is 0 Å². The molecule has 0 saturated heterocycles. The van der Waals surface area contributed by atoms with E-state index in [1.54, 1.807) is 6.07 Å². The van der Waals surface area contributed by atoms with Gasteiger partial charge in [-0.3, -0.25) is 0 Å². The van der Waals surface area contributed by atoms with Crippen molar-refractivity contribution in [2.45, 2.75) is 44.7 Å². The van der Waals surface area contributed by atoms with Crippen molar-refractivity contribution in [1.82, 2.24) is 10.6 Å². The number of hydrogen-bond donors (Lipinski definition) is 3. The van der Waals surface area contributed by atoms with Crippen LogP contribution in [0, 0.1) is 11.7 Å². The van der Waals surface area contributed by atoms with E-state index < -0.39 is 5.82 Å². The normalized spacial score (nSPS) is 22.9. The molecule has 2 rings (SSSR count). The summed E-state index contributed by atoms with van der Waals surface area (Å²) in [5.41, 5.74) is 0.755. The first-order valence-electron chi connectivity index (χ1n) is 7.62. The van der Waals surface area contributed by atoms with Crippen LogP contribution in [0.15, 0.2) is 18.2 Å². The number of carbonyl (C=O) groups excluding carboxylic acids is 1. The molecule has 0 aliphatic heterocycles. The molecule has 122 valence electrons. The lowest BCUT2D eigenvalue weighted by Crippen LogP contribution is -2.44. The first-order chi connectivity index (χ1) is 10.5. The molecule has 1 aromatic rings. The Bertz CT molecular complexity index is 519. The molecule has 0 heterocycles. The van der Waals surface area contributed by atoms with Gasteiger partial charge in [0.1, 0.15) is 5.82 Å². The Hall–Kier alpha value is -1.33. The lowest BCUT2D eigenvalue weighted by molar-refractivity contribution is 0.174. The Balaban J connectivity index is 1.82. The Morgan fingerprint density at radius 2 is 2.09 bits per heavy atom. The molecule has 1 unspecified atom stereocenters. The van der Waals surface area contributed by atoms with Crippen LogP contribution in [0.2, 0.25) is 5.02 Å². The maximum Gasteiger partial charge on any atom is 0.315 e. The van der Waals surface area contributed by atoms with Gasteiger partial charge >= 0.3 is 6.03 Å². The van der Waals surface area contributed by atoms with Gasteiger partial charge in [0.25, 0.3) is 0 Å². The predicted octanol–water partition coefficient (Wildman–Crippen LogP) is 3.39. The zero-order valence-electron chi connectivity index (χ0n) is 12.6. The first-order valence-corrected chi connectivity index (χ1v) is 8.00. The van der Waals surface area contributed by atoms with E-state index in [0.717, 1.165) is 31.2 Å². The number of rotatable bonds is 4. The summed E-state index contributed by atoms with van der Waals surface area (Å²) in [5, 5.41) is 14.9. The number of nitrogens with one attached hydrogen (secondary N) is 2. The molecule has 0 spiro atoms. The molecule has 6 heteroatoms. The summed E-state index contributed by atoms with van der Waals surface area (Å²) in [7, 11) is 0. The van der Waals surface area contributed by atoms with Gasteiger partial charge in [0, 0.05) is 12.6 Å². The van der Waals surface area contributed by atoms with Crippen molar-refractivity contribution in [3.05, 3.63) is 34.6 Å². The average Bonchev–Trinajstić information content (AvgIpc) is 2.50. The van der Waals surface area contributed by atoms with Crippen molar-refractivity contribution >= 4 is 17.6 Å². The zero-order valence-corrected chi connectivity index (χ0v) is 13.4. The third-order valence-corrected chi connectivity index (χ3v) is 4.52. The van der Waals surface area contributed by atoms with Crippen LogP contribution in [-0.2, 0) is 0 Å². The highest BCUT2D eigenvalue weighted by molar-refractivity contribution is 6.30. The summed E-state index contributed by atoms with van der Waals surface area (Å²) in [6.45, 7) is 2.05. The molecular formula is C16H22ClFN2O2. The highest BCUT2D eigenvalue weighted by Crippen LogP contribution is 2.24. The van der Waals surface area contributed by atoms with E-state index in [1.165, 1.54) is 12.1 Å². The molecule has 4 nitrogen and oxygen atoms in total. The molecular weight excluding hydrogens is 307 g/mol. The highest BCUT2D eigenvalue weighted by atomic mass is 35.5. The van der Waals surface area contributed by atoms with Crippen molar-refractivity contribution in [2.24, 2.45) is 5.92 Å². The molecule has 1 saturated carbocycles. The maximum absolute atomic E-state index is 13.1. The maximum atomic E-state index is 13.1. The number of aliphatic hydroxyl groups excluding tert-OH is 1. The molecule has 1 atom stereocenters. The van der Waals surface area contributed by atoms with Crippen LogP contribution in [0.5, 0.6) is 0 Å². The minimum atomic E-state index is -0.470. The molecule has 1 fully saturated rings. The molecule has 1 aromatic carbocycles. The standard InChI is InChI=1S/C16H22ClFN2O2/c1-10(12-4-7-15(18)14(17)8-12)19-16(22)20-13-5-2-11(9-21)3-6-13/h4,7-8,10-11,13,21H,2-3,5-6,9H2,1H3,(H2,19,20,22). The van der Waals surface area contributed by atoms with Gasteiger partial charge in [0.2, 0.25) is 0 Å². The minimum absolute atomic E-state index is 0.0499. The van der Waals surface area contributed by atoms with Crippen molar-refractivity contribution in [1.29, 1.82) is 0 Å². The molecule has 3 N–H and O–H groups in total. The van der Waals surface area contributed by atoms with Crippen LogP contribution in [0.3, 0.4) is 0 Å². The van der Waals surface area contributed by atoms with Crippen molar-refractivity contribution in [2.75, 3.05) is 6.61 Å². The number of benzene rings is 1. The first kappa shape index (κ1) is 17.0. The number of aliphatic hydroxyl groups is 1. The molecule has 0 aromatic heterocycles. The average molecular weight is 329 g/mol. The molecule has 2 amide bonds. The van der Waals surface area contributed by atoms with Gasteiger partial charge in [-0.05, 0) is 56.2 Å². The predicted molar refractivity (Wildman–Crippen MR) is 84.3 cm³/mol. The molecule has 0 bridgehead atoms. The highest BCUT2D eigenvalue weighted by Gasteiger charge is 2.22. The van der Waals surface area contributed by atoms with Crippen molar-refractivity contribution in [3.63, 3.8) is 0 Å².